The molecule has 0 aromatic rings. The number of carboxylic acid groups (broad SMARTS) is 1. The van der Waals surface area contributed by atoms with E-state index in [4.69, 9.17) is 5.11 Å². The van der Waals surface area contributed by atoms with Gasteiger partial charge in [-0.1, -0.05) is 0 Å². The van der Waals surface area contributed by atoms with E-state index in [0.29, 0.717) is 12.1 Å². The van der Waals surface area contributed by atoms with Crippen molar-refractivity contribution in [2.45, 2.75) is 43.8 Å². The smallest absolute Gasteiger partial charge is 0.322 e. The molecule has 3 rings (SSSR count). The largest absolute Gasteiger partial charge is 0.480 e. The average molecular weight is 167 g/mol. The third-order valence-corrected chi connectivity index (χ3v) is 3.23. The van der Waals surface area contributed by atoms with Gasteiger partial charge in [0.25, 0.3) is 0 Å². The zero-order chi connectivity index (χ0) is 8.29. The van der Waals surface area contributed by atoms with Gasteiger partial charge in [-0.2, -0.15) is 0 Å². The third kappa shape index (κ3) is 0.891. The first-order valence-corrected chi connectivity index (χ1v) is 4.79. The number of aliphatic carboxylic acids is 1. The fourth-order valence-electron chi connectivity index (χ4n) is 2.32. The van der Waals surface area contributed by atoms with Gasteiger partial charge in [-0.15, -0.1) is 0 Å². The van der Waals surface area contributed by atoms with E-state index >= 15 is 0 Å². The Hall–Kier alpha value is -0.570. The number of carbonyl (C=O) groups is 1. The van der Waals surface area contributed by atoms with E-state index in [2.05, 4.69) is 4.90 Å². The van der Waals surface area contributed by atoms with Gasteiger partial charge in [0.05, 0.1) is 0 Å². The summed E-state index contributed by atoms with van der Waals surface area (Å²) < 4.78 is 0. The van der Waals surface area contributed by atoms with Crippen LogP contribution in [-0.2, 0) is 4.79 Å². The Morgan fingerprint density at radius 1 is 1.25 bits per heavy atom. The molecule has 0 aromatic carbocycles. The summed E-state index contributed by atoms with van der Waals surface area (Å²) in [5.41, 5.74) is 0. The highest BCUT2D eigenvalue weighted by Gasteiger charge is 2.63. The molecule has 3 nitrogen and oxygen atoms in total. The standard InChI is InChI=1S/C9H13NO2/c11-9(12)8-7(5-1-2-5)10(8)6-3-4-6/h5-8H,1-4H2,(H,11,12). The van der Waals surface area contributed by atoms with Crippen LogP contribution in [0.5, 0.6) is 0 Å². The maximum Gasteiger partial charge on any atom is 0.322 e. The second-order valence-electron chi connectivity index (χ2n) is 4.29. The van der Waals surface area contributed by atoms with Crippen LogP contribution in [0.3, 0.4) is 0 Å². The van der Waals surface area contributed by atoms with Crippen molar-refractivity contribution in [2.24, 2.45) is 5.92 Å². The maximum atomic E-state index is 10.8. The summed E-state index contributed by atoms with van der Waals surface area (Å²) in [6, 6.07) is 0.955. The molecule has 1 aliphatic heterocycles. The van der Waals surface area contributed by atoms with E-state index in [9.17, 15) is 4.79 Å². The van der Waals surface area contributed by atoms with E-state index in [-0.39, 0.29) is 6.04 Å². The molecule has 0 amide bonds. The van der Waals surface area contributed by atoms with E-state index in [0.717, 1.165) is 5.92 Å². The summed E-state index contributed by atoms with van der Waals surface area (Å²) in [4.78, 5) is 13.0. The molecule has 0 radical (unpaired) electrons. The van der Waals surface area contributed by atoms with Crippen molar-refractivity contribution in [3.63, 3.8) is 0 Å². The van der Waals surface area contributed by atoms with Crippen molar-refractivity contribution in [1.29, 1.82) is 0 Å². The molecular formula is C9H13NO2. The van der Waals surface area contributed by atoms with Gasteiger partial charge >= 0.3 is 5.97 Å². The molecule has 3 heteroatoms. The van der Waals surface area contributed by atoms with E-state index in [1.165, 1.54) is 25.7 Å². The Kier molecular flexibility index (Phi) is 1.16. The Morgan fingerprint density at radius 2 is 1.92 bits per heavy atom. The Labute approximate surface area is 71.4 Å². The van der Waals surface area contributed by atoms with Gasteiger partial charge in [0.1, 0.15) is 6.04 Å². The minimum Gasteiger partial charge on any atom is -0.480 e. The first-order chi connectivity index (χ1) is 5.79. The molecule has 1 N–H and O–H groups in total. The first kappa shape index (κ1) is 6.89. The molecule has 1 saturated heterocycles. The molecular weight excluding hydrogens is 154 g/mol. The summed E-state index contributed by atoms with van der Waals surface area (Å²) in [6.45, 7) is 0. The second kappa shape index (κ2) is 2.02. The lowest BCUT2D eigenvalue weighted by molar-refractivity contribution is -0.137. The molecule has 1 heterocycles. The van der Waals surface area contributed by atoms with E-state index in [1.807, 2.05) is 0 Å². The molecule has 3 fully saturated rings. The van der Waals surface area contributed by atoms with Crippen molar-refractivity contribution in [1.82, 2.24) is 4.90 Å². The van der Waals surface area contributed by atoms with Crippen LogP contribution in [0.2, 0.25) is 0 Å². The first-order valence-electron chi connectivity index (χ1n) is 4.79. The van der Waals surface area contributed by atoms with Crippen molar-refractivity contribution in [2.75, 3.05) is 0 Å². The van der Waals surface area contributed by atoms with Crippen molar-refractivity contribution < 1.29 is 9.90 Å². The molecule has 3 aliphatic rings. The Balaban J connectivity index is 1.72. The van der Waals surface area contributed by atoms with Crippen LogP contribution in [0.1, 0.15) is 25.7 Å². The number of carboxylic acids is 1. The van der Waals surface area contributed by atoms with Crippen LogP contribution in [0.15, 0.2) is 0 Å². The summed E-state index contributed by atoms with van der Waals surface area (Å²) in [6.07, 6.45) is 4.98. The number of nitrogens with zero attached hydrogens (tertiary/aromatic N) is 1. The number of rotatable bonds is 3. The van der Waals surface area contributed by atoms with E-state index in [1.54, 1.807) is 0 Å². The van der Waals surface area contributed by atoms with Crippen molar-refractivity contribution in [3.05, 3.63) is 0 Å². The second-order valence-corrected chi connectivity index (χ2v) is 4.29. The predicted octanol–water partition coefficient (Wildman–Crippen LogP) is 0.696. The Morgan fingerprint density at radius 3 is 2.33 bits per heavy atom. The highest BCUT2D eigenvalue weighted by Crippen LogP contribution is 2.51. The summed E-state index contributed by atoms with van der Waals surface area (Å²) in [7, 11) is 0. The zero-order valence-electron chi connectivity index (χ0n) is 6.94. The topological polar surface area (TPSA) is 40.3 Å². The SMILES string of the molecule is O=C(O)C1C(C2CC2)N1C1CC1. The summed E-state index contributed by atoms with van der Waals surface area (Å²) in [5.74, 6) is 0.130. The minimum absolute atomic E-state index is 0.106. The Bertz CT molecular complexity index is 215. The quantitative estimate of drug-likeness (QED) is 0.629. The zero-order valence-corrected chi connectivity index (χ0v) is 6.94. The minimum atomic E-state index is -0.598. The van der Waals surface area contributed by atoms with E-state index < -0.39 is 5.97 Å². The molecule has 12 heavy (non-hydrogen) atoms. The molecule has 0 aromatic heterocycles. The third-order valence-electron chi connectivity index (χ3n) is 3.23. The van der Waals surface area contributed by atoms with Gasteiger partial charge in [0, 0.05) is 12.1 Å². The van der Waals surface area contributed by atoms with Gasteiger partial charge < -0.3 is 5.11 Å². The number of hydrogen-bond acceptors (Lipinski definition) is 2. The van der Waals surface area contributed by atoms with Crippen molar-refractivity contribution >= 4 is 5.97 Å². The maximum absolute atomic E-state index is 10.8. The average Bonchev–Trinajstić information content (AvgIpc) is 2.87. The lowest BCUT2D eigenvalue weighted by Crippen LogP contribution is -2.12. The van der Waals surface area contributed by atoms with Crippen LogP contribution in [0.25, 0.3) is 0 Å². The van der Waals surface area contributed by atoms with Gasteiger partial charge in [0.2, 0.25) is 0 Å². The highest BCUT2D eigenvalue weighted by molar-refractivity contribution is 5.78. The van der Waals surface area contributed by atoms with Crippen molar-refractivity contribution in [3.8, 4) is 0 Å². The molecule has 3 atom stereocenters. The fraction of sp³-hybridized carbons (Fsp3) is 0.889. The van der Waals surface area contributed by atoms with Crippen LogP contribution < -0.4 is 0 Å². The fourth-order valence-corrected chi connectivity index (χ4v) is 2.32. The van der Waals surface area contributed by atoms with Gasteiger partial charge in [-0.25, -0.2) is 0 Å². The van der Waals surface area contributed by atoms with Crippen LogP contribution >= 0.6 is 0 Å². The lowest BCUT2D eigenvalue weighted by Gasteiger charge is -1.95. The van der Waals surface area contributed by atoms with Gasteiger partial charge in [0.15, 0.2) is 0 Å². The van der Waals surface area contributed by atoms with Gasteiger partial charge in [-0.3, -0.25) is 9.69 Å². The molecule has 0 bridgehead atoms. The molecule has 0 spiro atoms. The molecule has 2 aliphatic carbocycles. The van der Waals surface area contributed by atoms with Crippen LogP contribution in [0, 0.1) is 5.92 Å². The normalized spacial score (nSPS) is 45.8. The predicted molar refractivity (Wildman–Crippen MR) is 42.8 cm³/mol. The number of hydrogen-bond donors (Lipinski definition) is 1. The monoisotopic (exact) mass is 167 g/mol. The van der Waals surface area contributed by atoms with Crippen LogP contribution in [-0.4, -0.2) is 34.1 Å². The highest BCUT2D eigenvalue weighted by atomic mass is 16.4. The molecule has 66 valence electrons. The molecule has 2 saturated carbocycles. The lowest BCUT2D eigenvalue weighted by atomic mass is 10.2. The summed E-state index contributed by atoms with van der Waals surface area (Å²) >= 11 is 0. The van der Waals surface area contributed by atoms with Gasteiger partial charge in [-0.05, 0) is 31.6 Å². The summed E-state index contributed by atoms with van der Waals surface area (Å²) in [5, 5.41) is 8.91. The molecule has 3 unspecified atom stereocenters. The van der Waals surface area contributed by atoms with Crippen LogP contribution in [0.4, 0.5) is 0 Å².